The maximum Gasteiger partial charge on any atom is 0.412 e. The van der Waals surface area contributed by atoms with E-state index in [2.05, 4.69) is 10.5 Å². The summed E-state index contributed by atoms with van der Waals surface area (Å²) in [6.45, 7) is 3.30. The number of rotatable bonds is 7. The van der Waals surface area contributed by atoms with Gasteiger partial charge in [0.2, 0.25) is 5.91 Å². The Morgan fingerprint density at radius 1 is 1.16 bits per heavy atom. The molecule has 0 bridgehead atoms. The first-order chi connectivity index (χ1) is 17.4. The summed E-state index contributed by atoms with van der Waals surface area (Å²) in [4.78, 5) is 37.0. The number of carboxylic acids is 1. The van der Waals surface area contributed by atoms with Gasteiger partial charge in [0.1, 0.15) is 29.3 Å². The van der Waals surface area contributed by atoms with Gasteiger partial charge in [0.05, 0.1) is 0 Å². The average molecular weight is 534 g/mol. The van der Waals surface area contributed by atoms with Crippen LogP contribution in [0.4, 0.5) is 25.0 Å². The normalized spacial score (nSPS) is 18.5. The van der Waals surface area contributed by atoms with Crippen LogP contribution in [0, 0.1) is 18.8 Å². The molecule has 1 aliphatic rings. The van der Waals surface area contributed by atoms with Crippen LogP contribution in [-0.4, -0.2) is 41.2 Å². The maximum absolute atomic E-state index is 13.8. The number of ether oxygens (including phenoxy) is 1. The lowest BCUT2D eigenvalue weighted by Gasteiger charge is -2.17. The topological polar surface area (TPSA) is 122 Å². The van der Waals surface area contributed by atoms with E-state index in [1.165, 1.54) is 19.2 Å². The number of alkyl halides is 2. The van der Waals surface area contributed by atoms with Crippen molar-refractivity contribution in [1.82, 2.24) is 5.16 Å². The van der Waals surface area contributed by atoms with Gasteiger partial charge in [0.15, 0.2) is 5.76 Å². The Labute approximate surface area is 214 Å². The number of aromatic nitrogens is 1. The number of carbonyl (C=O) groups is 3. The molecule has 3 atom stereocenters. The average Bonchev–Trinajstić information content (AvgIpc) is 3.27. The Balaban J connectivity index is 1.47. The highest BCUT2D eigenvalue weighted by molar-refractivity contribution is 6.31. The number of aliphatic carboxylic acids is 1. The summed E-state index contributed by atoms with van der Waals surface area (Å²) in [6.07, 6.45) is -1.40. The molecule has 1 heterocycles. The molecule has 12 heteroatoms. The number of nitrogens with one attached hydrogen (secondary N) is 1. The number of halogens is 3. The number of amides is 2. The first-order valence-electron chi connectivity index (χ1n) is 11.1. The Hall–Kier alpha value is -3.99. The van der Waals surface area contributed by atoms with Gasteiger partial charge in [-0.05, 0) is 44.2 Å². The second-order valence-electron chi connectivity index (χ2n) is 8.58. The van der Waals surface area contributed by atoms with E-state index in [4.69, 9.17) is 26.0 Å². The summed E-state index contributed by atoms with van der Waals surface area (Å²) in [5.74, 6) is -10.0. The van der Waals surface area contributed by atoms with Crippen molar-refractivity contribution >= 4 is 40.9 Å². The van der Waals surface area contributed by atoms with Gasteiger partial charge >= 0.3 is 12.1 Å². The third kappa shape index (κ3) is 4.99. The van der Waals surface area contributed by atoms with Crippen LogP contribution in [0.25, 0.3) is 11.3 Å². The van der Waals surface area contributed by atoms with Gasteiger partial charge in [-0.1, -0.05) is 35.0 Å². The second-order valence-corrected chi connectivity index (χ2v) is 8.99. The molecule has 194 valence electrons. The summed E-state index contributed by atoms with van der Waals surface area (Å²) >= 11 is 6.16. The van der Waals surface area contributed by atoms with Gasteiger partial charge < -0.3 is 19.3 Å². The molecule has 9 nitrogen and oxygen atoms in total. The van der Waals surface area contributed by atoms with E-state index in [0.29, 0.717) is 21.8 Å². The third-order valence-electron chi connectivity index (χ3n) is 6.15. The Kier molecular flexibility index (Phi) is 6.92. The zero-order valence-electron chi connectivity index (χ0n) is 19.9. The minimum Gasteiger partial charge on any atom is -0.481 e. The Morgan fingerprint density at radius 2 is 1.81 bits per heavy atom. The number of hydrogen-bond donors (Lipinski definition) is 2. The molecule has 0 saturated heterocycles. The quantitative estimate of drug-likeness (QED) is 0.408. The van der Waals surface area contributed by atoms with E-state index in [1.807, 2.05) is 0 Å². The van der Waals surface area contributed by atoms with Gasteiger partial charge in [-0.25, -0.2) is 13.6 Å². The van der Waals surface area contributed by atoms with Crippen molar-refractivity contribution in [2.24, 2.45) is 11.8 Å². The van der Waals surface area contributed by atoms with Crippen LogP contribution in [-0.2, 0) is 14.3 Å². The number of nitrogens with zero attached hydrogens (tertiary/aromatic N) is 2. The summed E-state index contributed by atoms with van der Waals surface area (Å²) in [6, 6.07) is 13.0. The maximum atomic E-state index is 13.8. The summed E-state index contributed by atoms with van der Waals surface area (Å²) < 4.78 is 38.3. The standard InChI is InChI=1S/C25H22ClF2N3O6/c1-12-20(29-24(35)36-13(2)16-6-4-5-7-17(16)26)21(37-30-12)14-8-10-15(11-9-14)31(3)22(32)18-19(23(33)34)25(18,27)28/h4-11,13,18-19H,1-3H3,(H,29,35)(H,33,34)/t13-,18?,19?/m1/s1. The third-order valence-corrected chi connectivity index (χ3v) is 6.49. The van der Waals surface area contributed by atoms with Crippen molar-refractivity contribution in [3.8, 4) is 11.3 Å². The van der Waals surface area contributed by atoms with E-state index < -0.39 is 41.8 Å². The lowest BCUT2D eigenvalue weighted by atomic mass is 10.1. The molecule has 2 aromatic carbocycles. The fourth-order valence-corrected chi connectivity index (χ4v) is 4.28. The largest absolute Gasteiger partial charge is 0.481 e. The molecule has 1 aromatic heterocycles. The smallest absolute Gasteiger partial charge is 0.412 e. The predicted octanol–water partition coefficient (Wildman–Crippen LogP) is 5.54. The van der Waals surface area contributed by atoms with Crippen LogP contribution in [0.1, 0.15) is 24.3 Å². The van der Waals surface area contributed by atoms with Crippen LogP contribution in [0.15, 0.2) is 53.1 Å². The van der Waals surface area contributed by atoms with Crippen LogP contribution in [0.5, 0.6) is 0 Å². The van der Waals surface area contributed by atoms with Gasteiger partial charge in [0.25, 0.3) is 5.92 Å². The number of carbonyl (C=O) groups excluding carboxylic acids is 2. The molecule has 2 amide bonds. The molecule has 2 unspecified atom stereocenters. The molecule has 1 saturated carbocycles. The van der Waals surface area contributed by atoms with Crippen molar-refractivity contribution in [3.63, 3.8) is 0 Å². The predicted molar refractivity (Wildman–Crippen MR) is 130 cm³/mol. The highest BCUT2D eigenvalue weighted by atomic mass is 35.5. The number of hydrogen-bond acceptors (Lipinski definition) is 6. The number of aryl methyl sites for hydroxylation is 1. The fourth-order valence-electron chi connectivity index (χ4n) is 3.99. The first-order valence-corrected chi connectivity index (χ1v) is 11.5. The molecular formula is C25H22ClF2N3O6. The fraction of sp³-hybridized carbons (Fsp3) is 0.280. The van der Waals surface area contributed by atoms with Gasteiger partial charge in [-0.2, -0.15) is 0 Å². The molecular weight excluding hydrogens is 512 g/mol. The zero-order chi connectivity index (χ0) is 27.1. The minimum atomic E-state index is -3.59. The Bertz CT molecular complexity index is 1360. The van der Waals surface area contributed by atoms with Crippen LogP contribution in [0.2, 0.25) is 5.02 Å². The van der Waals surface area contributed by atoms with Crippen molar-refractivity contribution in [2.75, 3.05) is 17.3 Å². The van der Waals surface area contributed by atoms with Crippen LogP contribution in [0.3, 0.4) is 0 Å². The molecule has 1 fully saturated rings. The van der Waals surface area contributed by atoms with Gasteiger partial charge in [-0.15, -0.1) is 0 Å². The summed E-state index contributed by atoms with van der Waals surface area (Å²) in [5.41, 5.74) is 2.01. The van der Waals surface area contributed by atoms with E-state index >= 15 is 0 Å². The summed E-state index contributed by atoms with van der Waals surface area (Å²) in [7, 11) is 1.28. The van der Waals surface area contributed by atoms with Crippen molar-refractivity contribution in [3.05, 3.63) is 64.8 Å². The van der Waals surface area contributed by atoms with E-state index in [9.17, 15) is 23.2 Å². The highest BCUT2D eigenvalue weighted by Gasteiger charge is 2.76. The monoisotopic (exact) mass is 533 g/mol. The molecule has 4 rings (SSSR count). The van der Waals surface area contributed by atoms with E-state index in [-0.39, 0.29) is 17.1 Å². The highest BCUT2D eigenvalue weighted by Crippen LogP contribution is 2.56. The van der Waals surface area contributed by atoms with Crippen molar-refractivity contribution < 1.29 is 37.5 Å². The molecule has 0 radical (unpaired) electrons. The number of carboxylic acid groups (broad SMARTS) is 1. The lowest BCUT2D eigenvalue weighted by Crippen LogP contribution is -2.30. The van der Waals surface area contributed by atoms with Crippen molar-refractivity contribution in [2.45, 2.75) is 25.9 Å². The molecule has 1 aliphatic carbocycles. The molecule has 0 spiro atoms. The first kappa shape index (κ1) is 26.1. The van der Waals surface area contributed by atoms with Gasteiger partial charge in [-0.3, -0.25) is 14.9 Å². The van der Waals surface area contributed by atoms with Gasteiger partial charge in [0, 0.05) is 28.9 Å². The second kappa shape index (κ2) is 9.81. The number of anilines is 2. The minimum absolute atomic E-state index is 0.208. The lowest BCUT2D eigenvalue weighted by molar-refractivity contribution is -0.141. The molecule has 3 aromatic rings. The molecule has 2 N–H and O–H groups in total. The van der Waals surface area contributed by atoms with E-state index in [1.54, 1.807) is 50.2 Å². The summed E-state index contributed by atoms with van der Waals surface area (Å²) in [5, 5.41) is 15.9. The van der Waals surface area contributed by atoms with Crippen LogP contribution >= 0.6 is 11.6 Å². The zero-order valence-corrected chi connectivity index (χ0v) is 20.6. The SMILES string of the molecule is Cc1noc(-c2ccc(N(C)C(=O)C3C(C(=O)O)C3(F)F)cc2)c1NC(=O)O[C@H](C)c1ccccc1Cl. The number of benzene rings is 2. The van der Waals surface area contributed by atoms with Crippen molar-refractivity contribution in [1.29, 1.82) is 0 Å². The Morgan fingerprint density at radius 3 is 2.41 bits per heavy atom. The van der Waals surface area contributed by atoms with Crippen LogP contribution < -0.4 is 10.2 Å². The molecule has 0 aliphatic heterocycles. The molecule has 37 heavy (non-hydrogen) atoms. The van der Waals surface area contributed by atoms with E-state index in [0.717, 1.165) is 4.90 Å².